The summed E-state index contributed by atoms with van der Waals surface area (Å²) in [6, 6.07) is 14.6. The summed E-state index contributed by atoms with van der Waals surface area (Å²) in [5.74, 6) is 1.88. The van der Waals surface area contributed by atoms with Gasteiger partial charge in [-0.05, 0) is 50.5 Å². The molecule has 0 fully saturated rings. The van der Waals surface area contributed by atoms with E-state index in [-0.39, 0.29) is 24.0 Å². The molecule has 1 atom stereocenters. The molecule has 0 saturated carbocycles. The van der Waals surface area contributed by atoms with E-state index in [1.54, 1.807) is 0 Å². The van der Waals surface area contributed by atoms with Crippen molar-refractivity contribution in [2.75, 3.05) is 31.6 Å². The summed E-state index contributed by atoms with van der Waals surface area (Å²) in [6.45, 7) is 9.94. The van der Waals surface area contributed by atoms with Gasteiger partial charge < -0.3 is 20.5 Å². The number of aliphatic imine (C=N–C) groups is 1. The molecule has 2 aromatic rings. The Bertz CT molecular complexity index is 844. The van der Waals surface area contributed by atoms with Gasteiger partial charge in [0.25, 0.3) is 0 Å². The number of guanidine groups is 1. The van der Waals surface area contributed by atoms with Crippen molar-refractivity contribution in [1.29, 1.82) is 0 Å². The highest BCUT2D eigenvalue weighted by Gasteiger charge is 2.20. The number of fused-ring (bicyclic) bond motifs is 1. The van der Waals surface area contributed by atoms with Gasteiger partial charge in [0, 0.05) is 25.2 Å². The number of ether oxygens (including phenoxy) is 2. The fraction of sp³-hybridized carbons (Fsp3) is 0.435. The molecule has 7 heteroatoms. The van der Waals surface area contributed by atoms with Crippen LogP contribution in [0.25, 0.3) is 0 Å². The molecule has 0 radical (unpaired) electrons. The number of nitrogens with one attached hydrogen (secondary N) is 1. The normalized spacial score (nSPS) is 15.0. The third kappa shape index (κ3) is 6.50. The molecule has 1 aliphatic heterocycles. The van der Waals surface area contributed by atoms with Gasteiger partial charge in [-0.3, -0.25) is 9.89 Å². The quantitative estimate of drug-likeness (QED) is 0.307. The molecule has 6 nitrogen and oxygen atoms in total. The molecule has 1 unspecified atom stereocenters. The predicted molar refractivity (Wildman–Crippen MR) is 134 cm³/mol. The number of nitrogens with zero attached hydrogens (tertiary/aromatic N) is 2. The van der Waals surface area contributed by atoms with Crippen molar-refractivity contribution in [3.05, 3.63) is 53.6 Å². The highest BCUT2D eigenvalue weighted by Crippen LogP contribution is 2.29. The second kappa shape index (κ2) is 12.0. The van der Waals surface area contributed by atoms with Crippen molar-refractivity contribution >= 4 is 35.6 Å². The monoisotopic (exact) mass is 524 g/mol. The smallest absolute Gasteiger partial charge is 0.193 e. The van der Waals surface area contributed by atoms with Gasteiger partial charge in [0.1, 0.15) is 11.5 Å². The molecule has 2 aromatic carbocycles. The van der Waals surface area contributed by atoms with Crippen molar-refractivity contribution in [2.45, 2.75) is 39.8 Å². The molecule has 1 heterocycles. The Morgan fingerprint density at radius 2 is 1.87 bits per heavy atom. The predicted octanol–water partition coefficient (Wildman–Crippen LogP) is 4.28. The van der Waals surface area contributed by atoms with Gasteiger partial charge in [-0.25, -0.2) is 0 Å². The van der Waals surface area contributed by atoms with E-state index in [1.165, 1.54) is 11.1 Å². The van der Waals surface area contributed by atoms with E-state index < -0.39 is 0 Å². The van der Waals surface area contributed by atoms with E-state index in [0.29, 0.717) is 31.8 Å². The van der Waals surface area contributed by atoms with E-state index in [0.717, 1.165) is 36.7 Å². The van der Waals surface area contributed by atoms with Crippen LogP contribution in [-0.4, -0.2) is 43.2 Å². The average Bonchev–Trinajstić information content (AvgIpc) is 2.74. The lowest BCUT2D eigenvalue weighted by Gasteiger charge is -2.33. The summed E-state index contributed by atoms with van der Waals surface area (Å²) in [4.78, 5) is 7.03. The number of halogens is 1. The number of hydrogen-bond donors (Lipinski definition) is 2. The number of hydrogen-bond acceptors (Lipinski definition) is 4. The number of rotatable bonds is 8. The molecule has 3 rings (SSSR count). The van der Waals surface area contributed by atoms with Crippen LogP contribution in [-0.2, 0) is 13.0 Å². The van der Waals surface area contributed by atoms with Crippen LogP contribution in [0, 0.1) is 0 Å². The first-order chi connectivity index (χ1) is 14.1. The Morgan fingerprint density at radius 1 is 1.13 bits per heavy atom. The van der Waals surface area contributed by atoms with Crippen LogP contribution in [0.3, 0.4) is 0 Å². The fourth-order valence-electron chi connectivity index (χ4n) is 3.56. The zero-order valence-corrected chi connectivity index (χ0v) is 20.4. The molecule has 0 aromatic heterocycles. The summed E-state index contributed by atoms with van der Waals surface area (Å²) in [5, 5.41) is 3.17. The van der Waals surface area contributed by atoms with Crippen LogP contribution in [0.2, 0.25) is 0 Å². The first-order valence-corrected chi connectivity index (χ1v) is 10.4. The zero-order chi connectivity index (χ0) is 20.6. The summed E-state index contributed by atoms with van der Waals surface area (Å²) >= 11 is 0. The van der Waals surface area contributed by atoms with Gasteiger partial charge in [0.05, 0.1) is 25.4 Å². The molecule has 0 bridgehead atoms. The van der Waals surface area contributed by atoms with Crippen LogP contribution in [0.5, 0.6) is 11.5 Å². The molecule has 3 N–H and O–H groups in total. The Labute approximate surface area is 196 Å². The zero-order valence-electron chi connectivity index (χ0n) is 18.1. The second-order valence-corrected chi connectivity index (χ2v) is 7.21. The largest absolute Gasteiger partial charge is 0.494 e. The topological polar surface area (TPSA) is 72.1 Å². The van der Waals surface area contributed by atoms with Crippen LogP contribution in [0.1, 0.15) is 31.9 Å². The number of benzene rings is 2. The molecule has 0 spiro atoms. The summed E-state index contributed by atoms with van der Waals surface area (Å²) in [7, 11) is 0. The Hall–Kier alpha value is -2.00. The van der Waals surface area contributed by atoms with Crippen LogP contribution < -0.4 is 20.5 Å². The highest BCUT2D eigenvalue weighted by atomic mass is 127. The molecule has 0 amide bonds. The van der Waals surface area contributed by atoms with Gasteiger partial charge in [-0.2, -0.15) is 0 Å². The van der Waals surface area contributed by atoms with Crippen molar-refractivity contribution in [2.24, 2.45) is 10.7 Å². The maximum atomic E-state index is 6.17. The highest BCUT2D eigenvalue weighted by molar-refractivity contribution is 14.0. The van der Waals surface area contributed by atoms with E-state index in [2.05, 4.69) is 46.4 Å². The molecular formula is C23H33IN4O2. The summed E-state index contributed by atoms with van der Waals surface area (Å²) in [6.07, 6.45) is 1.08. The van der Waals surface area contributed by atoms with Crippen LogP contribution in [0.15, 0.2) is 47.5 Å². The molecule has 0 saturated heterocycles. The number of anilines is 1. The minimum absolute atomic E-state index is 0. The molecule has 30 heavy (non-hydrogen) atoms. The number of nitrogens with two attached hydrogens (primary N) is 1. The first kappa shape index (κ1) is 24.3. The molecular weight excluding hydrogens is 491 g/mol. The van der Waals surface area contributed by atoms with Crippen molar-refractivity contribution in [3.8, 4) is 11.5 Å². The minimum atomic E-state index is 0. The van der Waals surface area contributed by atoms with Gasteiger partial charge >= 0.3 is 0 Å². The standard InChI is InChI=1S/C23H32N4O2.HI/c1-4-28-20-10-11-22(29-5-2)21(14-20)26-23(24)25-15-17(3)27-13-12-18-8-6-7-9-19(18)16-27;/h6-11,14,17H,4-5,12-13,15-16H2,1-3H3,(H3,24,25,26);1H. The molecule has 0 aliphatic carbocycles. The summed E-state index contributed by atoms with van der Waals surface area (Å²) in [5.41, 5.74) is 9.80. The van der Waals surface area contributed by atoms with Crippen molar-refractivity contribution in [3.63, 3.8) is 0 Å². The lowest BCUT2D eigenvalue weighted by Crippen LogP contribution is -2.39. The van der Waals surface area contributed by atoms with Crippen molar-refractivity contribution in [1.82, 2.24) is 4.90 Å². The van der Waals surface area contributed by atoms with E-state index >= 15 is 0 Å². The Kier molecular flexibility index (Phi) is 9.71. The Morgan fingerprint density at radius 3 is 2.60 bits per heavy atom. The lowest BCUT2D eigenvalue weighted by atomic mass is 9.99. The Balaban J connectivity index is 0.00000320. The fourth-order valence-corrected chi connectivity index (χ4v) is 3.56. The van der Waals surface area contributed by atoms with E-state index in [4.69, 9.17) is 15.2 Å². The maximum Gasteiger partial charge on any atom is 0.193 e. The van der Waals surface area contributed by atoms with Gasteiger partial charge in [0.2, 0.25) is 0 Å². The van der Waals surface area contributed by atoms with Gasteiger partial charge in [0.15, 0.2) is 5.96 Å². The minimum Gasteiger partial charge on any atom is -0.494 e. The summed E-state index contributed by atoms with van der Waals surface area (Å²) < 4.78 is 11.3. The second-order valence-electron chi connectivity index (χ2n) is 7.21. The van der Waals surface area contributed by atoms with Crippen molar-refractivity contribution < 1.29 is 9.47 Å². The third-order valence-electron chi connectivity index (χ3n) is 5.13. The van der Waals surface area contributed by atoms with Crippen LogP contribution in [0.4, 0.5) is 5.69 Å². The first-order valence-electron chi connectivity index (χ1n) is 10.4. The SMILES string of the molecule is CCOc1ccc(OCC)c(NC(N)=NCC(C)N2CCc3ccccc3C2)c1.I. The van der Waals surface area contributed by atoms with Gasteiger partial charge in [-0.15, -0.1) is 24.0 Å². The van der Waals surface area contributed by atoms with Crippen LogP contribution >= 0.6 is 24.0 Å². The van der Waals surface area contributed by atoms with E-state index in [9.17, 15) is 0 Å². The van der Waals surface area contributed by atoms with Gasteiger partial charge in [-0.1, -0.05) is 24.3 Å². The third-order valence-corrected chi connectivity index (χ3v) is 5.13. The van der Waals surface area contributed by atoms with E-state index in [1.807, 2.05) is 32.0 Å². The molecule has 1 aliphatic rings. The lowest BCUT2D eigenvalue weighted by molar-refractivity contribution is 0.195. The molecule has 164 valence electrons. The average molecular weight is 524 g/mol. The maximum absolute atomic E-state index is 6.17.